The molecule has 6 heteroatoms. The Labute approximate surface area is 150 Å². The number of nitrogens with zero attached hydrogens (tertiary/aromatic N) is 3. The molecule has 0 amide bonds. The molecule has 0 unspecified atom stereocenters. The largest absolute Gasteiger partial charge is 0.306 e. The zero-order chi connectivity index (χ0) is 18.1. The molecule has 3 aromatic rings. The van der Waals surface area contributed by atoms with Crippen molar-refractivity contribution < 1.29 is 4.39 Å². The number of rotatable bonds is 3. The van der Waals surface area contributed by atoms with Crippen molar-refractivity contribution in [2.24, 2.45) is 0 Å². The van der Waals surface area contributed by atoms with Gasteiger partial charge < -0.3 is 4.98 Å². The highest BCUT2D eigenvalue weighted by atomic mass is 19.1. The van der Waals surface area contributed by atoms with Crippen molar-refractivity contribution in [1.29, 1.82) is 0 Å². The third-order valence-corrected chi connectivity index (χ3v) is 4.73. The fourth-order valence-electron chi connectivity index (χ4n) is 3.33. The molecular weight excluding hydrogens is 331 g/mol. The first-order valence-corrected chi connectivity index (χ1v) is 8.60. The van der Waals surface area contributed by atoms with Crippen LogP contribution in [0.15, 0.2) is 47.5 Å². The molecule has 0 bridgehead atoms. The van der Waals surface area contributed by atoms with E-state index < -0.39 is 0 Å². The minimum atomic E-state index is -0.193. The van der Waals surface area contributed by atoms with Gasteiger partial charge in [-0.1, -0.05) is 12.1 Å². The van der Waals surface area contributed by atoms with Crippen molar-refractivity contribution in [2.45, 2.75) is 26.4 Å². The van der Waals surface area contributed by atoms with Crippen LogP contribution in [0.25, 0.3) is 11.4 Å². The van der Waals surface area contributed by atoms with Gasteiger partial charge in [0.1, 0.15) is 11.6 Å². The summed E-state index contributed by atoms with van der Waals surface area (Å²) in [5.74, 6) is 0.390. The Morgan fingerprint density at radius 1 is 1.23 bits per heavy atom. The van der Waals surface area contributed by atoms with Crippen LogP contribution in [-0.4, -0.2) is 26.4 Å². The van der Waals surface area contributed by atoms with E-state index in [2.05, 4.69) is 19.9 Å². The number of benzene rings is 1. The molecule has 5 nitrogen and oxygen atoms in total. The lowest BCUT2D eigenvalue weighted by Gasteiger charge is -2.27. The standard InChI is InChI=1S/C20H19FN4O/c1-13-10-14(2-3-17(13)21)11-25-9-6-18-16(12-25)20(26)24-19(23-18)15-4-7-22-8-5-15/h2-5,7-8,10H,6,9,11-12H2,1H3,(H,23,24,26). The van der Waals surface area contributed by atoms with Crippen LogP contribution in [0, 0.1) is 12.7 Å². The van der Waals surface area contributed by atoms with Gasteiger partial charge in [0.2, 0.25) is 0 Å². The van der Waals surface area contributed by atoms with Crippen molar-refractivity contribution in [2.75, 3.05) is 6.54 Å². The van der Waals surface area contributed by atoms with Crippen LogP contribution >= 0.6 is 0 Å². The van der Waals surface area contributed by atoms with Gasteiger partial charge in [-0.15, -0.1) is 0 Å². The number of nitrogens with one attached hydrogen (secondary N) is 1. The van der Waals surface area contributed by atoms with Crippen LogP contribution < -0.4 is 5.56 Å². The number of hydrogen-bond donors (Lipinski definition) is 1. The Morgan fingerprint density at radius 3 is 2.81 bits per heavy atom. The zero-order valence-corrected chi connectivity index (χ0v) is 14.5. The minimum absolute atomic E-state index is 0.0956. The number of H-pyrrole nitrogens is 1. The van der Waals surface area contributed by atoms with E-state index >= 15 is 0 Å². The third kappa shape index (κ3) is 3.28. The van der Waals surface area contributed by atoms with E-state index in [0.717, 1.165) is 29.8 Å². The number of fused-ring (bicyclic) bond motifs is 1. The Bertz CT molecular complexity index is 1000. The Hall–Kier alpha value is -2.86. The summed E-state index contributed by atoms with van der Waals surface area (Å²) in [6.45, 7) is 3.81. The predicted octanol–water partition coefficient (Wildman–Crippen LogP) is 2.84. The van der Waals surface area contributed by atoms with E-state index in [1.807, 2.05) is 18.2 Å². The molecule has 0 fully saturated rings. The summed E-state index contributed by atoms with van der Waals surface area (Å²) in [6, 6.07) is 8.82. The minimum Gasteiger partial charge on any atom is -0.306 e. The third-order valence-electron chi connectivity index (χ3n) is 4.73. The SMILES string of the molecule is Cc1cc(CN2CCc3nc(-c4ccncc4)[nH]c(=O)c3C2)ccc1F. The molecule has 1 aliphatic heterocycles. The van der Waals surface area contributed by atoms with E-state index in [9.17, 15) is 9.18 Å². The van der Waals surface area contributed by atoms with E-state index in [0.29, 0.717) is 30.0 Å². The maximum Gasteiger partial charge on any atom is 0.255 e. The maximum atomic E-state index is 13.4. The summed E-state index contributed by atoms with van der Waals surface area (Å²) < 4.78 is 13.4. The quantitative estimate of drug-likeness (QED) is 0.789. The topological polar surface area (TPSA) is 61.9 Å². The Balaban J connectivity index is 1.57. The van der Waals surface area contributed by atoms with Crippen molar-refractivity contribution in [3.05, 3.63) is 81.3 Å². The molecule has 4 rings (SSSR count). The number of hydrogen-bond acceptors (Lipinski definition) is 4. The highest BCUT2D eigenvalue weighted by molar-refractivity contribution is 5.54. The summed E-state index contributed by atoms with van der Waals surface area (Å²) in [5.41, 5.74) is 4.01. The van der Waals surface area contributed by atoms with E-state index in [4.69, 9.17) is 0 Å². The zero-order valence-electron chi connectivity index (χ0n) is 14.5. The molecule has 0 saturated carbocycles. The van der Waals surface area contributed by atoms with Gasteiger partial charge in [-0.05, 0) is 36.2 Å². The molecule has 26 heavy (non-hydrogen) atoms. The monoisotopic (exact) mass is 350 g/mol. The maximum absolute atomic E-state index is 13.4. The van der Waals surface area contributed by atoms with Gasteiger partial charge in [-0.2, -0.15) is 0 Å². The van der Waals surface area contributed by atoms with Crippen LogP contribution in [0.5, 0.6) is 0 Å². The van der Waals surface area contributed by atoms with Gasteiger partial charge in [-0.25, -0.2) is 9.37 Å². The van der Waals surface area contributed by atoms with Gasteiger partial charge >= 0.3 is 0 Å². The summed E-state index contributed by atoms with van der Waals surface area (Å²) in [4.78, 5) is 26.3. The molecule has 0 saturated heterocycles. The number of pyridine rings is 1. The highest BCUT2D eigenvalue weighted by Gasteiger charge is 2.21. The Kier molecular flexibility index (Phi) is 4.34. The summed E-state index contributed by atoms with van der Waals surface area (Å²) in [6.07, 6.45) is 4.08. The smallest absolute Gasteiger partial charge is 0.255 e. The van der Waals surface area contributed by atoms with Gasteiger partial charge in [-0.3, -0.25) is 14.7 Å². The second kappa shape index (κ2) is 6.80. The van der Waals surface area contributed by atoms with Crippen LogP contribution in [0.2, 0.25) is 0 Å². The number of aromatic nitrogens is 3. The van der Waals surface area contributed by atoms with E-state index in [1.165, 1.54) is 6.07 Å². The van der Waals surface area contributed by atoms with E-state index in [1.54, 1.807) is 25.4 Å². The van der Waals surface area contributed by atoms with E-state index in [-0.39, 0.29) is 11.4 Å². The van der Waals surface area contributed by atoms with Crippen LogP contribution in [0.4, 0.5) is 4.39 Å². The van der Waals surface area contributed by atoms with Crippen LogP contribution in [0.3, 0.4) is 0 Å². The molecule has 3 heterocycles. The molecule has 0 spiro atoms. The summed E-state index contributed by atoms with van der Waals surface area (Å²) in [5, 5.41) is 0. The fraction of sp³-hybridized carbons (Fsp3) is 0.250. The van der Waals surface area contributed by atoms with Gasteiger partial charge in [0.25, 0.3) is 5.56 Å². The van der Waals surface area contributed by atoms with Crippen molar-refractivity contribution in [3.8, 4) is 11.4 Å². The van der Waals surface area contributed by atoms with Gasteiger partial charge in [0.15, 0.2) is 0 Å². The molecule has 132 valence electrons. The molecule has 0 radical (unpaired) electrons. The van der Waals surface area contributed by atoms with Crippen molar-refractivity contribution in [3.63, 3.8) is 0 Å². The summed E-state index contributed by atoms with van der Waals surface area (Å²) in [7, 11) is 0. The first kappa shape index (κ1) is 16.6. The Morgan fingerprint density at radius 2 is 2.04 bits per heavy atom. The molecule has 1 aromatic carbocycles. The van der Waals surface area contributed by atoms with Crippen LogP contribution in [0.1, 0.15) is 22.4 Å². The van der Waals surface area contributed by atoms with Crippen LogP contribution in [-0.2, 0) is 19.5 Å². The number of aromatic amines is 1. The molecule has 0 atom stereocenters. The van der Waals surface area contributed by atoms with Gasteiger partial charge in [0, 0.05) is 44.0 Å². The summed E-state index contributed by atoms with van der Waals surface area (Å²) >= 11 is 0. The van der Waals surface area contributed by atoms with Crippen molar-refractivity contribution in [1.82, 2.24) is 19.9 Å². The highest BCUT2D eigenvalue weighted by Crippen LogP contribution is 2.20. The first-order valence-electron chi connectivity index (χ1n) is 8.60. The first-order chi connectivity index (χ1) is 12.6. The molecule has 1 aliphatic rings. The molecular formula is C20H19FN4O. The lowest BCUT2D eigenvalue weighted by atomic mass is 10.0. The average molecular weight is 350 g/mol. The second-order valence-electron chi connectivity index (χ2n) is 6.62. The molecule has 1 N–H and O–H groups in total. The normalized spacial score (nSPS) is 14.2. The average Bonchev–Trinajstić information content (AvgIpc) is 2.66. The number of aryl methyl sites for hydroxylation is 1. The predicted molar refractivity (Wildman–Crippen MR) is 97.0 cm³/mol. The second-order valence-corrected chi connectivity index (χ2v) is 6.62. The fourth-order valence-corrected chi connectivity index (χ4v) is 3.33. The lowest BCUT2D eigenvalue weighted by molar-refractivity contribution is 0.241. The molecule has 2 aromatic heterocycles. The van der Waals surface area contributed by atoms with Gasteiger partial charge in [0.05, 0.1) is 11.3 Å². The number of halogens is 1. The lowest BCUT2D eigenvalue weighted by Crippen LogP contribution is -2.35. The molecule has 0 aliphatic carbocycles. The van der Waals surface area contributed by atoms with Crippen molar-refractivity contribution >= 4 is 0 Å².